The average Bonchev–Trinajstić information content (AvgIpc) is 2.79. The molecule has 0 saturated heterocycles. The molecule has 2 aromatic rings. The van der Waals surface area contributed by atoms with E-state index in [1.165, 1.54) is 11.3 Å². The topological polar surface area (TPSA) is 29.1 Å². The smallest absolute Gasteiger partial charge is 0.224 e. The molecule has 0 fully saturated rings. The number of carbonyl (C=O) groups excluding carboxylic acids is 1. The normalized spacial score (nSPS) is 12.2. The Bertz CT molecular complexity index is 582. The monoisotopic (exact) mass is 313 g/mol. The summed E-state index contributed by atoms with van der Waals surface area (Å²) in [6, 6.07) is 11.1. The van der Waals surface area contributed by atoms with Gasteiger partial charge in [-0.25, -0.2) is 0 Å². The van der Waals surface area contributed by atoms with Crippen molar-refractivity contribution in [3.05, 3.63) is 56.2 Å². The molecule has 1 N–H and O–H groups in total. The third kappa shape index (κ3) is 3.96. The summed E-state index contributed by atoms with van der Waals surface area (Å²) >= 11 is 13.4. The summed E-state index contributed by atoms with van der Waals surface area (Å²) in [5, 5.41) is 3.55. The minimum Gasteiger partial charge on any atom is -0.348 e. The third-order valence-corrected chi connectivity index (χ3v) is 4.49. The summed E-state index contributed by atoms with van der Waals surface area (Å²) in [7, 11) is 0. The first kappa shape index (κ1) is 14.4. The number of halogens is 2. The largest absolute Gasteiger partial charge is 0.348 e. The van der Waals surface area contributed by atoms with Crippen LogP contribution in [-0.2, 0) is 11.2 Å². The quantitative estimate of drug-likeness (QED) is 0.886. The maximum absolute atomic E-state index is 12.0. The van der Waals surface area contributed by atoms with Crippen LogP contribution in [0.1, 0.15) is 23.4 Å². The Morgan fingerprint density at radius 2 is 2.00 bits per heavy atom. The standard InChI is InChI=1S/C14H13Cl2NOS/c1-9(12-6-7-13(16)19-12)17-14(18)8-10-4-2-3-5-11(10)15/h2-7,9H,8H2,1H3,(H,17,18). The minimum atomic E-state index is -0.0508. The van der Waals surface area contributed by atoms with Crippen LogP contribution in [0.3, 0.4) is 0 Å². The number of carbonyl (C=O) groups is 1. The van der Waals surface area contributed by atoms with Crippen LogP contribution in [-0.4, -0.2) is 5.91 Å². The van der Waals surface area contributed by atoms with E-state index >= 15 is 0 Å². The molecule has 2 nitrogen and oxygen atoms in total. The first-order valence-electron chi connectivity index (χ1n) is 5.84. The van der Waals surface area contributed by atoms with Gasteiger partial charge < -0.3 is 5.32 Å². The highest BCUT2D eigenvalue weighted by atomic mass is 35.5. The molecular formula is C14H13Cl2NOS. The van der Waals surface area contributed by atoms with Crippen LogP contribution in [0.15, 0.2) is 36.4 Å². The number of hydrogen-bond acceptors (Lipinski definition) is 2. The van der Waals surface area contributed by atoms with Crippen molar-refractivity contribution >= 4 is 40.4 Å². The molecule has 0 bridgehead atoms. The van der Waals surface area contributed by atoms with E-state index in [2.05, 4.69) is 5.32 Å². The second-order valence-corrected chi connectivity index (χ2v) is 6.35. The molecule has 5 heteroatoms. The molecule has 1 aromatic carbocycles. The highest BCUT2D eigenvalue weighted by Crippen LogP contribution is 2.26. The maximum Gasteiger partial charge on any atom is 0.224 e. The Morgan fingerprint density at radius 3 is 2.63 bits per heavy atom. The van der Waals surface area contributed by atoms with Gasteiger partial charge >= 0.3 is 0 Å². The Hall–Kier alpha value is -1.03. The van der Waals surface area contributed by atoms with Crippen molar-refractivity contribution in [2.75, 3.05) is 0 Å². The van der Waals surface area contributed by atoms with E-state index in [0.717, 1.165) is 14.8 Å². The van der Waals surface area contributed by atoms with Crippen LogP contribution in [0.25, 0.3) is 0 Å². The number of thiophene rings is 1. The molecule has 0 spiro atoms. The molecule has 1 heterocycles. The van der Waals surface area contributed by atoms with E-state index in [1.807, 2.05) is 37.3 Å². The molecule has 0 aliphatic carbocycles. The molecule has 2 rings (SSSR count). The van der Waals surface area contributed by atoms with Gasteiger partial charge in [0.15, 0.2) is 0 Å². The zero-order valence-corrected chi connectivity index (χ0v) is 12.6. The summed E-state index contributed by atoms with van der Waals surface area (Å²) in [4.78, 5) is 13.0. The van der Waals surface area contributed by atoms with Crippen molar-refractivity contribution < 1.29 is 4.79 Å². The van der Waals surface area contributed by atoms with Gasteiger partial charge in [-0.05, 0) is 30.7 Å². The Balaban J connectivity index is 1.96. The van der Waals surface area contributed by atoms with Crippen molar-refractivity contribution in [1.29, 1.82) is 0 Å². The highest BCUT2D eigenvalue weighted by molar-refractivity contribution is 7.16. The lowest BCUT2D eigenvalue weighted by Crippen LogP contribution is -2.27. The SMILES string of the molecule is CC(NC(=O)Cc1ccccc1Cl)c1ccc(Cl)s1. The fourth-order valence-corrected chi connectivity index (χ4v) is 3.01. The van der Waals surface area contributed by atoms with Crippen LogP contribution < -0.4 is 5.32 Å². The van der Waals surface area contributed by atoms with Gasteiger partial charge in [-0.1, -0.05) is 41.4 Å². The van der Waals surface area contributed by atoms with Crippen LogP contribution in [0, 0.1) is 0 Å². The van der Waals surface area contributed by atoms with Gasteiger partial charge in [0.05, 0.1) is 16.8 Å². The fraction of sp³-hybridized carbons (Fsp3) is 0.214. The van der Waals surface area contributed by atoms with E-state index in [4.69, 9.17) is 23.2 Å². The molecule has 0 aliphatic heterocycles. The van der Waals surface area contributed by atoms with E-state index in [-0.39, 0.29) is 18.4 Å². The predicted molar refractivity (Wildman–Crippen MR) is 81.0 cm³/mol. The van der Waals surface area contributed by atoms with Crippen molar-refractivity contribution in [2.45, 2.75) is 19.4 Å². The fourth-order valence-electron chi connectivity index (χ4n) is 1.74. The van der Waals surface area contributed by atoms with E-state index in [9.17, 15) is 4.79 Å². The summed E-state index contributed by atoms with van der Waals surface area (Å²) in [6.07, 6.45) is 0.281. The first-order chi connectivity index (χ1) is 9.06. The maximum atomic E-state index is 12.0. The van der Waals surface area contributed by atoms with Crippen molar-refractivity contribution in [3.63, 3.8) is 0 Å². The van der Waals surface area contributed by atoms with Gasteiger partial charge in [0.1, 0.15) is 0 Å². The molecule has 0 aliphatic rings. The lowest BCUT2D eigenvalue weighted by Gasteiger charge is -2.12. The number of benzene rings is 1. The van der Waals surface area contributed by atoms with Gasteiger partial charge in [-0.2, -0.15) is 0 Å². The number of rotatable bonds is 4. The second-order valence-electron chi connectivity index (χ2n) is 4.20. The van der Waals surface area contributed by atoms with Gasteiger partial charge in [-0.15, -0.1) is 11.3 Å². The number of amides is 1. The van der Waals surface area contributed by atoms with Crippen LogP contribution in [0.5, 0.6) is 0 Å². The second kappa shape index (κ2) is 6.42. The summed E-state index contributed by atoms with van der Waals surface area (Å²) in [6.45, 7) is 1.94. The van der Waals surface area contributed by atoms with E-state index < -0.39 is 0 Å². The molecule has 1 atom stereocenters. The number of hydrogen-bond donors (Lipinski definition) is 1. The molecule has 0 saturated carbocycles. The predicted octanol–water partition coefficient (Wildman–Crippen LogP) is 4.47. The molecule has 19 heavy (non-hydrogen) atoms. The summed E-state index contributed by atoms with van der Waals surface area (Å²) in [5.74, 6) is -0.0508. The van der Waals surface area contributed by atoms with Crippen LogP contribution in [0.4, 0.5) is 0 Å². The van der Waals surface area contributed by atoms with Crippen molar-refractivity contribution in [3.8, 4) is 0 Å². The Labute approximate surface area is 126 Å². The third-order valence-electron chi connectivity index (χ3n) is 2.71. The lowest BCUT2D eigenvalue weighted by molar-refractivity contribution is -0.121. The summed E-state index contributed by atoms with van der Waals surface area (Å²) in [5.41, 5.74) is 0.832. The van der Waals surface area contributed by atoms with Gasteiger partial charge in [0.2, 0.25) is 5.91 Å². The zero-order valence-electron chi connectivity index (χ0n) is 10.3. The summed E-state index contributed by atoms with van der Waals surface area (Å²) < 4.78 is 0.724. The van der Waals surface area contributed by atoms with Gasteiger partial charge in [-0.3, -0.25) is 4.79 Å². The van der Waals surface area contributed by atoms with Gasteiger partial charge in [0.25, 0.3) is 0 Å². The lowest BCUT2D eigenvalue weighted by atomic mass is 10.1. The average molecular weight is 314 g/mol. The molecule has 1 unspecified atom stereocenters. The van der Waals surface area contributed by atoms with Crippen LogP contribution >= 0.6 is 34.5 Å². The first-order valence-corrected chi connectivity index (χ1v) is 7.41. The molecule has 1 aromatic heterocycles. The Morgan fingerprint density at radius 1 is 1.26 bits per heavy atom. The zero-order chi connectivity index (χ0) is 13.8. The molecular weight excluding hydrogens is 301 g/mol. The van der Waals surface area contributed by atoms with Crippen molar-refractivity contribution in [2.24, 2.45) is 0 Å². The van der Waals surface area contributed by atoms with Crippen LogP contribution in [0.2, 0.25) is 9.36 Å². The molecule has 100 valence electrons. The molecule has 0 radical (unpaired) electrons. The molecule has 1 amide bonds. The Kier molecular flexibility index (Phi) is 4.86. The van der Waals surface area contributed by atoms with Gasteiger partial charge in [0, 0.05) is 9.90 Å². The van der Waals surface area contributed by atoms with E-state index in [1.54, 1.807) is 6.07 Å². The number of nitrogens with one attached hydrogen (secondary N) is 1. The highest BCUT2D eigenvalue weighted by Gasteiger charge is 2.13. The van der Waals surface area contributed by atoms with Crippen molar-refractivity contribution in [1.82, 2.24) is 5.32 Å². The van der Waals surface area contributed by atoms with E-state index in [0.29, 0.717) is 5.02 Å². The minimum absolute atomic E-state index is 0.0486.